The van der Waals surface area contributed by atoms with Crippen LogP contribution in [0, 0.1) is 0 Å². The fourth-order valence-corrected chi connectivity index (χ4v) is 4.21. The Morgan fingerprint density at radius 2 is 1.19 bits per heavy atom. The molecule has 1 aliphatic carbocycles. The number of benzene rings is 2. The molecule has 0 unspecified atom stereocenters. The van der Waals surface area contributed by atoms with Gasteiger partial charge in [0.1, 0.15) is 0 Å². The van der Waals surface area contributed by atoms with Crippen molar-refractivity contribution in [3.05, 3.63) is 58.7 Å². The van der Waals surface area contributed by atoms with Crippen LogP contribution in [0.4, 0.5) is 0 Å². The quantitative estimate of drug-likeness (QED) is 0.262. The molecule has 0 spiro atoms. The van der Waals surface area contributed by atoms with E-state index in [2.05, 4.69) is 0 Å². The van der Waals surface area contributed by atoms with E-state index in [9.17, 15) is 35.1 Å². The molecule has 3 rings (SSSR count). The van der Waals surface area contributed by atoms with Crippen LogP contribution in [0.3, 0.4) is 0 Å². The van der Waals surface area contributed by atoms with Crippen molar-refractivity contribution in [3.63, 3.8) is 0 Å². The minimum absolute atomic E-state index is 0.368. The number of carbonyl (C=O) groups excluding carboxylic acids is 2. The molecule has 32 heavy (non-hydrogen) atoms. The Kier molecular flexibility index (Phi) is 6.40. The second-order valence-corrected chi connectivity index (χ2v) is 7.69. The molecule has 2 amide bonds. The normalized spacial score (nSPS) is 20.8. The summed E-state index contributed by atoms with van der Waals surface area (Å²) >= 11 is 0. The molecule has 0 aromatic heterocycles. The first-order valence-electron chi connectivity index (χ1n) is 9.83. The molecule has 9 heteroatoms. The molecule has 0 heterocycles. The Bertz CT molecular complexity index is 1120. The molecular formula is C23H24N2O7. The van der Waals surface area contributed by atoms with Gasteiger partial charge in [0.05, 0.1) is 6.10 Å². The van der Waals surface area contributed by atoms with Crippen molar-refractivity contribution in [1.82, 2.24) is 0 Å². The van der Waals surface area contributed by atoms with Gasteiger partial charge in [0.2, 0.25) is 11.8 Å². The van der Waals surface area contributed by atoms with Crippen LogP contribution in [0.2, 0.25) is 0 Å². The van der Waals surface area contributed by atoms with Crippen molar-refractivity contribution in [2.75, 3.05) is 0 Å². The third-order valence-corrected chi connectivity index (χ3v) is 5.59. The van der Waals surface area contributed by atoms with Crippen molar-refractivity contribution in [3.8, 4) is 23.0 Å². The number of aromatic hydroxyl groups is 4. The Hall–Kier alpha value is -3.98. The van der Waals surface area contributed by atoms with Crippen LogP contribution in [-0.2, 0) is 9.59 Å². The molecule has 0 radical (unpaired) electrons. The number of nitrogens with two attached hydrogens (primary N) is 2. The van der Waals surface area contributed by atoms with Gasteiger partial charge >= 0.3 is 0 Å². The van der Waals surface area contributed by atoms with E-state index in [0.717, 1.165) is 12.2 Å². The number of rotatable bonds is 6. The number of carbonyl (C=O) groups is 2. The largest absolute Gasteiger partial charge is 0.504 e. The Balaban J connectivity index is 2.18. The number of hydrogen-bond donors (Lipinski definition) is 7. The number of primary amides is 2. The minimum Gasteiger partial charge on any atom is -0.504 e. The highest BCUT2D eigenvalue weighted by molar-refractivity contribution is 5.91. The van der Waals surface area contributed by atoms with Gasteiger partial charge in [-0.05, 0) is 77.4 Å². The zero-order chi connectivity index (χ0) is 23.6. The van der Waals surface area contributed by atoms with Gasteiger partial charge in [-0.3, -0.25) is 9.59 Å². The molecule has 168 valence electrons. The predicted molar refractivity (Wildman–Crippen MR) is 117 cm³/mol. The van der Waals surface area contributed by atoms with Gasteiger partial charge in [-0.25, -0.2) is 0 Å². The number of hydrogen-bond acceptors (Lipinski definition) is 7. The maximum atomic E-state index is 11.2. The van der Waals surface area contributed by atoms with E-state index in [1.807, 2.05) is 0 Å². The summed E-state index contributed by atoms with van der Waals surface area (Å²) in [4.78, 5) is 22.4. The van der Waals surface area contributed by atoms with Gasteiger partial charge in [0, 0.05) is 18.1 Å². The molecule has 0 saturated heterocycles. The van der Waals surface area contributed by atoms with Gasteiger partial charge < -0.3 is 37.0 Å². The number of aliphatic hydroxyl groups is 1. The second-order valence-electron chi connectivity index (χ2n) is 7.69. The van der Waals surface area contributed by atoms with Crippen molar-refractivity contribution < 1.29 is 35.1 Å². The molecule has 1 fully saturated rings. The van der Waals surface area contributed by atoms with Crippen LogP contribution in [0.25, 0.3) is 12.2 Å². The fraction of sp³-hybridized carbons (Fsp3) is 0.217. The summed E-state index contributed by atoms with van der Waals surface area (Å²) < 4.78 is 0. The standard InChI is InChI=1S/C23H24N2O7/c24-21(31)5-1-11-7-17(27)19(29)9-14(11)13-3-4-16(26)23(13)15-10-20(30)18(28)8-12(15)2-6-22(25)32/h1-2,5-10,13,16,23,26-30H,3-4H2,(H2,24,31)(H2,25,32)/b5-1+,6-2+/t13-,16-,23+/m0/s1. The van der Waals surface area contributed by atoms with E-state index < -0.39 is 41.3 Å². The lowest BCUT2D eigenvalue weighted by Crippen LogP contribution is -2.18. The smallest absolute Gasteiger partial charge is 0.241 e. The molecule has 3 atom stereocenters. The van der Waals surface area contributed by atoms with Crippen LogP contribution >= 0.6 is 0 Å². The molecule has 0 bridgehead atoms. The predicted octanol–water partition coefficient (Wildman–Crippen LogP) is 1.53. The highest BCUT2D eigenvalue weighted by Gasteiger charge is 2.39. The highest BCUT2D eigenvalue weighted by Crippen LogP contribution is 2.51. The first kappa shape index (κ1) is 22.7. The average molecular weight is 440 g/mol. The zero-order valence-corrected chi connectivity index (χ0v) is 17.0. The van der Waals surface area contributed by atoms with Crippen molar-refractivity contribution in [2.45, 2.75) is 30.8 Å². The number of phenols is 4. The molecular weight excluding hydrogens is 416 g/mol. The summed E-state index contributed by atoms with van der Waals surface area (Å²) in [6, 6.07) is 5.20. The van der Waals surface area contributed by atoms with E-state index in [1.165, 1.54) is 36.4 Å². The van der Waals surface area contributed by atoms with Crippen molar-refractivity contribution in [1.29, 1.82) is 0 Å². The lowest BCUT2D eigenvalue weighted by molar-refractivity contribution is -0.114. The second kappa shape index (κ2) is 9.03. The Labute approximate surface area is 183 Å². The highest BCUT2D eigenvalue weighted by atomic mass is 16.3. The fourth-order valence-electron chi connectivity index (χ4n) is 4.21. The first-order chi connectivity index (χ1) is 15.1. The summed E-state index contributed by atoms with van der Waals surface area (Å²) in [6.45, 7) is 0. The molecule has 0 aliphatic heterocycles. The van der Waals surface area contributed by atoms with Crippen LogP contribution < -0.4 is 11.5 Å². The van der Waals surface area contributed by atoms with Crippen molar-refractivity contribution in [2.24, 2.45) is 11.5 Å². The monoisotopic (exact) mass is 440 g/mol. The summed E-state index contributed by atoms with van der Waals surface area (Å²) in [5, 5.41) is 50.9. The zero-order valence-electron chi connectivity index (χ0n) is 17.0. The maximum Gasteiger partial charge on any atom is 0.241 e. The van der Waals surface area contributed by atoms with Gasteiger partial charge in [0.15, 0.2) is 23.0 Å². The molecule has 2 aromatic rings. The van der Waals surface area contributed by atoms with E-state index >= 15 is 0 Å². The number of phenolic OH excluding ortho intramolecular Hbond substituents is 4. The number of amides is 2. The van der Waals surface area contributed by atoms with Gasteiger partial charge in [-0.2, -0.15) is 0 Å². The summed E-state index contributed by atoms with van der Waals surface area (Å²) in [6.07, 6.45) is 5.00. The average Bonchev–Trinajstić information content (AvgIpc) is 3.10. The van der Waals surface area contributed by atoms with E-state index in [1.54, 1.807) is 0 Å². The summed E-state index contributed by atoms with van der Waals surface area (Å²) in [7, 11) is 0. The third-order valence-electron chi connectivity index (χ3n) is 5.59. The SMILES string of the molecule is NC(=O)/C=C/c1cc(O)c(O)cc1[C@@H]1[C@@H](O)CC[C@H]1c1cc(O)c(O)cc1/C=C/C(N)=O. The van der Waals surface area contributed by atoms with Gasteiger partial charge in [0.25, 0.3) is 0 Å². The van der Waals surface area contributed by atoms with E-state index in [0.29, 0.717) is 35.1 Å². The molecule has 2 aromatic carbocycles. The van der Waals surface area contributed by atoms with Gasteiger partial charge in [-0.15, -0.1) is 0 Å². The maximum absolute atomic E-state index is 11.2. The Morgan fingerprint density at radius 3 is 1.69 bits per heavy atom. The van der Waals surface area contributed by atoms with Crippen LogP contribution in [-0.4, -0.2) is 43.5 Å². The number of aliphatic hydroxyl groups excluding tert-OH is 1. The van der Waals surface area contributed by atoms with Crippen LogP contribution in [0.15, 0.2) is 36.4 Å². The third kappa shape index (κ3) is 4.68. The van der Waals surface area contributed by atoms with Crippen molar-refractivity contribution >= 4 is 24.0 Å². The molecule has 1 aliphatic rings. The van der Waals surface area contributed by atoms with E-state index in [4.69, 9.17) is 11.5 Å². The summed E-state index contributed by atoms with van der Waals surface area (Å²) in [5.41, 5.74) is 12.1. The lowest BCUT2D eigenvalue weighted by atomic mass is 9.79. The lowest BCUT2D eigenvalue weighted by Gasteiger charge is -2.26. The first-order valence-corrected chi connectivity index (χ1v) is 9.83. The summed E-state index contributed by atoms with van der Waals surface area (Å²) in [5.74, 6) is -4.01. The van der Waals surface area contributed by atoms with E-state index in [-0.39, 0.29) is 11.5 Å². The molecule has 9 nitrogen and oxygen atoms in total. The minimum atomic E-state index is -0.853. The molecule has 1 saturated carbocycles. The molecule has 9 N–H and O–H groups in total. The van der Waals surface area contributed by atoms with Gasteiger partial charge in [-0.1, -0.05) is 0 Å². The van der Waals surface area contributed by atoms with Crippen LogP contribution in [0.1, 0.15) is 46.9 Å². The topological polar surface area (TPSA) is 187 Å². The van der Waals surface area contributed by atoms with Crippen LogP contribution in [0.5, 0.6) is 23.0 Å². The Morgan fingerprint density at radius 1 is 0.750 bits per heavy atom.